The first-order chi connectivity index (χ1) is 10.2. The zero-order valence-corrected chi connectivity index (χ0v) is 12.6. The largest absolute Gasteiger partial charge is 0.490 e. The standard InChI is InChI=1S/C18H22N2O/c1-12-4-3-5-13(2)17(12)18(20-19)14-6-8-15(9-7-14)21-16-10-11-16/h3-9,16,18,20H,10-11,19H2,1-2H3. The molecule has 0 amide bonds. The first kappa shape index (κ1) is 14.1. The minimum absolute atomic E-state index is 0.00109. The molecule has 1 unspecified atom stereocenters. The Morgan fingerprint density at radius 2 is 1.67 bits per heavy atom. The van der Waals surface area contributed by atoms with E-state index in [2.05, 4.69) is 49.6 Å². The molecule has 0 aromatic heterocycles. The van der Waals surface area contributed by atoms with E-state index < -0.39 is 0 Å². The zero-order valence-electron chi connectivity index (χ0n) is 12.6. The molecular formula is C18H22N2O. The maximum atomic E-state index is 5.82. The third kappa shape index (κ3) is 3.09. The Hall–Kier alpha value is -1.84. The third-order valence-corrected chi connectivity index (χ3v) is 4.04. The number of hydrazine groups is 1. The van der Waals surface area contributed by atoms with Crippen LogP contribution >= 0.6 is 0 Å². The summed E-state index contributed by atoms with van der Waals surface area (Å²) in [5.74, 6) is 6.77. The van der Waals surface area contributed by atoms with Gasteiger partial charge in [0.05, 0.1) is 12.1 Å². The lowest BCUT2D eigenvalue weighted by Gasteiger charge is -2.21. The molecule has 0 heterocycles. The minimum Gasteiger partial charge on any atom is -0.490 e. The van der Waals surface area contributed by atoms with Crippen molar-refractivity contribution in [1.29, 1.82) is 0 Å². The number of nitrogens with one attached hydrogen (secondary N) is 1. The van der Waals surface area contributed by atoms with Gasteiger partial charge in [-0.2, -0.15) is 0 Å². The van der Waals surface area contributed by atoms with Crippen molar-refractivity contribution in [3.63, 3.8) is 0 Å². The quantitative estimate of drug-likeness (QED) is 0.652. The first-order valence-corrected chi connectivity index (χ1v) is 7.48. The predicted molar refractivity (Wildman–Crippen MR) is 85.2 cm³/mol. The number of benzene rings is 2. The van der Waals surface area contributed by atoms with Gasteiger partial charge in [-0.3, -0.25) is 5.84 Å². The molecule has 1 atom stereocenters. The van der Waals surface area contributed by atoms with Gasteiger partial charge in [-0.05, 0) is 61.1 Å². The van der Waals surface area contributed by atoms with E-state index in [1.54, 1.807) is 0 Å². The second-order valence-electron chi connectivity index (χ2n) is 5.79. The van der Waals surface area contributed by atoms with Crippen molar-refractivity contribution in [1.82, 2.24) is 5.43 Å². The molecule has 110 valence electrons. The summed E-state index contributed by atoms with van der Waals surface area (Å²) in [7, 11) is 0. The van der Waals surface area contributed by atoms with E-state index in [0.717, 1.165) is 11.3 Å². The number of rotatable bonds is 5. The molecule has 0 saturated heterocycles. The molecule has 2 aromatic rings. The second kappa shape index (κ2) is 5.88. The van der Waals surface area contributed by atoms with Crippen LogP contribution in [0.25, 0.3) is 0 Å². The second-order valence-corrected chi connectivity index (χ2v) is 5.79. The van der Waals surface area contributed by atoms with Crippen LogP contribution in [0.1, 0.15) is 41.1 Å². The number of hydrogen-bond acceptors (Lipinski definition) is 3. The lowest BCUT2D eigenvalue weighted by molar-refractivity contribution is 0.303. The van der Waals surface area contributed by atoms with E-state index in [-0.39, 0.29) is 6.04 Å². The van der Waals surface area contributed by atoms with Crippen molar-refractivity contribution < 1.29 is 4.74 Å². The maximum absolute atomic E-state index is 5.82. The molecule has 3 N–H and O–H groups in total. The molecule has 1 aliphatic rings. The molecule has 0 bridgehead atoms. The minimum atomic E-state index is 0.00109. The van der Waals surface area contributed by atoms with E-state index in [9.17, 15) is 0 Å². The van der Waals surface area contributed by atoms with Crippen molar-refractivity contribution in [2.45, 2.75) is 38.8 Å². The highest BCUT2D eigenvalue weighted by atomic mass is 16.5. The molecule has 3 nitrogen and oxygen atoms in total. The number of hydrogen-bond donors (Lipinski definition) is 2. The summed E-state index contributed by atoms with van der Waals surface area (Å²) >= 11 is 0. The average molecular weight is 282 g/mol. The van der Waals surface area contributed by atoms with Crippen LogP contribution in [0.15, 0.2) is 42.5 Å². The Labute approximate surface area is 126 Å². The Morgan fingerprint density at radius 1 is 1.05 bits per heavy atom. The topological polar surface area (TPSA) is 47.3 Å². The molecule has 1 saturated carbocycles. The molecule has 1 aliphatic carbocycles. The van der Waals surface area contributed by atoms with Gasteiger partial charge in [-0.1, -0.05) is 30.3 Å². The Morgan fingerprint density at radius 3 is 2.19 bits per heavy atom. The molecule has 2 aromatic carbocycles. The van der Waals surface area contributed by atoms with Crippen molar-refractivity contribution in [2.24, 2.45) is 5.84 Å². The van der Waals surface area contributed by atoms with Gasteiger partial charge >= 0.3 is 0 Å². The van der Waals surface area contributed by atoms with E-state index >= 15 is 0 Å². The van der Waals surface area contributed by atoms with E-state index in [4.69, 9.17) is 10.6 Å². The van der Waals surface area contributed by atoms with Crippen LogP contribution in [0.2, 0.25) is 0 Å². The molecule has 0 aliphatic heterocycles. The smallest absolute Gasteiger partial charge is 0.119 e. The van der Waals surface area contributed by atoms with E-state index in [1.165, 1.54) is 29.5 Å². The molecule has 21 heavy (non-hydrogen) atoms. The van der Waals surface area contributed by atoms with Crippen molar-refractivity contribution >= 4 is 0 Å². The summed E-state index contributed by atoms with van der Waals surface area (Å²) in [6.07, 6.45) is 2.78. The molecule has 0 spiro atoms. The van der Waals surface area contributed by atoms with Gasteiger partial charge in [0.1, 0.15) is 5.75 Å². The monoisotopic (exact) mass is 282 g/mol. The summed E-state index contributed by atoms with van der Waals surface area (Å²) in [4.78, 5) is 0. The van der Waals surface area contributed by atoms with Gasteiger partial charge in [0.2, 0.25) is 0 Å². The lowest BCUT2D eigenvalue weighted by Crippen LogP contribution is -2.30. The van der Waals surface area contributed by atoms with Gasteiger partial charge < -0.3 is 4.74 Å². The van der Waals surface area contributed by atoms with Gasteiger partial charge in [-0.15, -0.1) is 0 Å². The highest BCUT2D eigenvalue weighted by Crippen LogP contribution is 2.30. The number of ether oxygens (including phenoxy) is 1. The zero-order chi connectivity index (χ0) is 14.8. The maximum Gasteiger partial charge on any atom is 0.119 e. The average Bonchev–Trinajstić information content (AvgIpc) is 3.28. The van der Waals surface area contributed by atoms with E-state index in [1.807, 2.05) is 12.1 Å². The van der Waals surface area contributed by atoms with Crippen molar-refractivity contribution in [3.05, 3.63) is 64.7 Å². The SMILES string of the molecule is Cc1cccc(C)c1C(NN)c1ccc(OC2CC2)cc1. The molecule has 0 radical (unpaired) electrons. The first-order valence-electron chi connectivity index (χ1n) is 7.48. The van der Waals surface area contributed by atoms with Crippen LogP contribution in [0, 0.1) is 13.8 Å². The highest BCUT2D eigenvalue weighted by molar-refractivity contribution is 5.43. The summed E-state index contributed by atoms with van der Waals surface area (Å²) < 4.78 is 5.80. The predicted octanol–water partition coefficient (Wildman–Crippen LogP) is 3.40. The highest BCUT2D eigenvalue weighted by Gasteiger charge is 2.23. The van der Waals surface area contributed by atoms with Crippen molar-refractivity contribution in [2.75, 3.05) is 0 Å². The normalized spacial score (nSPS) is 15.8. The van der Waals surface area contributed by atoms with Crippen molar-refractivity contribution in [3.8, 4) is 5.75 Å². The molecular weight excluding hydrogens is 260 g/mol. The van der Waals surface area contributed by atoms with Crippen LogP contribution < -0.4 is 16.0 Å². The molecule has 1 fully saturated rings. The van der Waals surface area contributed by atoms with Gasteiger partial charge in [0.15, 0.2) is 0 Å². The van der Waals surface area contributed by atoms with Crippen LogP contribution in [-0.4, -0.2) is 6.10 Å². The van der Waals surface area contributed by atoms with Gasteiger partial charge in [0, 0.05) is 0 Å². The Balaban J connectivity index is 1.88. The fraction of sp³-hybridized carbons (Fsp3) is 0.333. The van der Waals surface area contributed by atoms with Crippen LogP contribution in [0.3, 0.4) is 0 Å². The number of aryl methyl sites for hydroxylation is 2. The fourth-order valence-corrected chi connectivity index (χ4v) is 2.75. The Kier molecular flexibility index (Phi) is 3.95. The third-order valence-electron chi connectivity index (χ3n) is 4.04. The molecule has 3 rings (SSSR count). The lowest BCUT2D eigenvalue weighted by atomic mass is 9.92. The van der Waals surface area contributed by atoms with E-state index in [0.29, 0.717) is 6.10 Å². The summed E-state index contributed by atoms with van der Waals surface area (Å²) in [6.45, 7) is 4.24. The van der Waals surface area contributed by atoms with Gasteiger partial charge in [0.25, 0.3) is 0 Å². The summed E-state index contributed by atoms with van der Waals surface area (Å²) in [5, 5.41) is 0. The number of nitrogens with two attached hydrogens (primary N) is 1. The van der Waals surface area contributed by atoms with Crippen LogP contribution in [0.4, 0.5) is 0 Å². The van der Waals surface area contributed by atoms with Crippen LogP contribution in [0.5, 0.6) is 5.75 Å². The molecule has 3 heteroatoms. The van der Waals surface area contributed by atoms with Crippen LogP contribution in [-0.2, 0) is 0 Å². The fourth-order valence-electron chi connectivity index (χ4n) is 2.75. The van der Waals surface area contributed by atoms with Gasteiger partial charge in [-0.25, -0.2) is 5.43 Å². The summed E-state index contributed by atoms with van der Waals surface area (Å²) in [6, 6.07) is 14.6. The summed E-state index contributed by atoms with van der Waals surface area (Å²) in [5.41, 5.74) is 7.84. The Bertz CT molecular complexity index is 597.